The Labute approximate surface area is 135 Å². The fraction of sp³-hybridized carbons (Fsp3) is 0.333. The van der Waals surface area contributed by atoms with Crippen LogP contribution in [-0.2, 0) is 0 Å². The molecule has 5 nitrogen and oxygen atoms in total. The van der Waals surface area contributed by atoms with Gasteiger partial charge in [0.25, 0.3) is 0 Å². The number of pyridine rings is 1. The van der Waals surface area contributed by atoms with Gasteiger partial charge < -0.3 is 10.1 Å². The van der Waals surface area contributed by atoms with Crippen LogP contribution < -0.4 is 10.1 Å². The Bertz CT molecular complexity index is 851. The smallest absolute Gasteiger partial charge is 0.132 e. The van der Waals surface area contributed by atoms with Crippen molar-refractivity contribution in [3.8, 4) is 5.75 Å². The van der Waals surface area contributed by atoms with Gasteiger partial charge in [-0.2, -0.15) is 5.10 Å². The third-order valence-corrected chi connectivity index (χ3v) is 4.61. The molecule has 2 aromatic heterocycles. The summed E-state index contributed by atoms with van der Waals surface area (Å²) in [6.07, 6.45) is 3.81. The van der Waals surface area contributed by atoms with E-state index in [0.29, 0.717) is 5.92 Å². The number of nitrogens with one attached hydrogen (secondary N) is 2. The zero-order chi connectivity index (χ0) is 15.8. The molecule has 1 fully saturated rings. The van der Waals surface area contributed by atoms with Gasteiger partial charge in [-0.05, 0) is 49.6 Å². The van der Waals surface area contributed by atoms with E-state index in [2.05, 4.69) is 33.5 Å². The highest BCUT2D eigenvalue weighted by molar-refractivity contribution is 5.85. The first-order chi connectivity index (χ1) is 11.2. The van der Waals surface area contributed by atoms with Crippen LogP contribution in [0, 0.1) is 6.92 Å². The van der Waals surface area contributed by atoms with E-state index < -0.39 is 0 Å². The number of hydrogen-bond acceptors (Lipinski definition) is 4. The van der Waals surface area contributed by atoms with E-state index in [1.807, 2.05) is 24.3 Å². The summed E-state index contributed by atoms with van der Waals surface area (Å²) in [6.45, 7) is 2.08. The average Bonchev–Trinajstić information content (AvgIpc) is 2.93. The molecule has 0 atom stereocenters. The molecule has 4 rings (SSSR count). The number of fused-ring (bicyclic) bond motifs is 1. The van der Waals surface area contributed by atoms with E-state index in [0.717, 1.165) is 39.5 Å². The number of nitrogens with zero attached hydrogens (tertiary/aromatic N) is 2. The summed E-state index contributed by atoms with van der Waals surface area (Å²) < 4.78 is 5.29. The quantitative estimate of drug-likeness (QED) is 0.755. The molecule has 0 spiro atoms. The highest BCUT2D eigenvalue weighted by Gasteiger charge is 2.22. The minimum absolute atomic E-state index is 0.626. The van der Waals surface area contributed by atoms with Crippen LogP contribution in [0.4, 0.5) is 11.6 Å². The van der Waals surface area contributed by atoms with Gasteiger partial charge in [0, 0.05) is 17.4 Å². The summed E-state index contributed by atoms with van der Waals surface area (Å²) in [7, 11) is 1.68. The number of methoxy groups -OCH3 is 1. The van der Waals surface area contributed by atoms with Crippen molar-refractivity contribution < 1.29 is 4.74 Å². The molecule has 3 aromatic rings. The zero-order valence-corrected chi connectivity index (χ0v) is 13.4. The van der Waals surface area contributed by atoms with Crippen LogP contribution in [0.2, 0.25) is 0 Å². The van der Waals surface area contributed by atoms with Crippen molar-refractivity contribution in [3.05, 3.63) is 41.6 Å². The highest BCUT2D eigenvalue weighted by Crippen LogP contribution is 2.36. The average molecular weight is 308 g/mol. The van der Waals surface area contributed by atoms with Crippen molar-refractivity contribution in [1.29, 1.82) is 0 Å². The number of benzene rings is 1. The Morgan fingerprint density at radius 1 is 1.22 bits per heavy atom. The lowest BCUT2D eigenvalue weighted by Gasteiger charge is -2.22. The number of aromatic nitrogens is 3. The van der Waals surface area contributed by atoms with Gasteiger partial charge in [0.2, 0.25) is 0 Å². The van der Waals surface area contributed by atoms with Gasteiger partial charge in [0.05, 0.1) is 18.3 Å². The van der Waals surface area contributed by atoms with Crippen LogP contribution >= 0.6 is 0 Å². The second-order valence-corrected chi connectivity index (χ2v) is 6.17. The summed E-state index contributed by atoms with van der Waals surface area (Å²) >= 11 is 0. The molecule has 118 valence electrons. The molecular formula is C18H20N4O. The number of H-pyrrole nitrogens is 1. The van der Waals surface area contributed by atoms with Crippen LogP contribution in [0.1, 0.15) is 36.4 Å². The van der Waals surface area contributed by atoms with Crippen molar-refractivity contribution in [3.63, 3.8) is 0 Å². The van der Waals surface area contributed by atoms with Crippen LogP contribution in [-0.4, -0.2) is 22.3 Å². The summed E-state index contributed by atoms with van der Waals surface area (Å²) in [5.74, 6) is 3.19. The lowest BCUT2D eigenvalue weighted by atomic mass is 9.83. The van der Waals surface area contributed by atoms with Crippen molar-refractivity contribution in [2.75, 3.05) is 12.4 Å². The van der Waals surface area contributed by atoms with Crippen molar-refractivity contribution >= 4 is 22.5 Å². The van der Waals surface area contributed by atoms with Gasteiger partial charge in [-0.1, -0.05) is 6.42 Å². The molecule has 0 radical (unpaired) electrons. The topological polar surface area (TPSA) is 62.8 Å². The Morgan fingerprint density at radius 3 is 2.83 bits per heavy atom. The number of anilines is 2. The minimum atomic E-state index is 0.626. The van der Waals surface area contributed by atoms with E-state index >= 15 is 0 Å². The van der Waals surface area contributed by atoms with E-state index in [4.69, 9.17) is 4.74 Å². The van der Waals surface area contributed by atoms with Crippen molar-refractivity contribution in [1.82, 2.24) is 15.2 Å². The molecule has 2 heterocycles. The molecule has 0 unspecified atom stereocenters. The number of aromatic amines is 1. The molecule has 0 amide bonds. The first-order valence-corrected chi connectivity index (χ1v) is 8.00. The first-order valence-electron chi connectivity index (χ1n) is 8.00. The molecule has 5 heteroatoms. The van der Waals surface area contributed by atoms with E-state index in [-0.39, 0.29) is 0 Å². The second kappa shape index (κ2) is 5.57. The molecule has 23 heavy (non-hydrogen) atoms. The molecular weight excluding hydrogens is 288 g/mol. The largest absolute Gasteiger partial charge is 0.497 e. The SMILES string of the molecule is COc1ccc2nc(Nc3cc(C4CCC4)n[nH]3)cc(C)c2c1. The van der Waals surface area contributed by atoms with Gasteiger partial charge >= 0.3 is 0 Å². The van der Waals surface area contributed by atoms with E-state index in [1.54, 1.807) is 7.11 Å². The van der Waals surface area contributed by atoms with Crippen molar-refractivity contribution in [2.45, 2.75) is 32.1 Å². The maximum Gasteiger partial charge on any atom is 0.132 e. The summed E-state index contributed by atoms with van der Waals surface area (Å²) in [4.78, 5) is 4.68. The van der Waals surface area contributed by atoms with Gasteiger partial charge in [-0.25, -0.2) is 4.98 Å². The molecule has 1 aliphatic carbocycles. The number of rotatable bonds is 4. The Balaban J connectivity index is 1.62. The van der Waals surface area contributed by atoms with Crippen LogP contribution in [0.25, 0.3) is 10.9 Å². The summed E-state index contributed by atoms with van der Waals surface area (Å²) in [5, 5.41) is 11.9. The van der Waals surface area contributed by atoms with Gasteiger partial charge in [-0.15, -0.1) is 0 Å². The zero-order valence-electron chi connectivity index (χ0n) is 13.4. The van der Waals surface area contributed by atoms with Crippen LogP contribution in [0.3, 0.4) is 0 Å². The third-order valence-electron chi connectivity index (χ3n) is 4.61. The molecule has 0 aliphatic heterocycles. The predicted molar refractivity (Wildman–Crippen MR) is 91.5 cm³/mol. The Hall–Kier alpha value is -2.56. The standard InChI is InChI=1S/C18H20N4O/c1-11-8-17(19-15-7-6-13(23-2)9-14(11)15)20-18-10-16(21-22-18)12-4-3-5-12/h6-10,12H,3-5H2,1-2H3,(H2,19,20,21,22). The van der Waals surface area contributed by atoms with Gasteiger partial charge in [-0.3, -0.25) is 5.10 Å². The second-order valence-electron chi connectivity index (χ2n) is 6.17. The number of hydrogen-bond donors (Lipinski definition) is 2. The molecule has 1 saturated carbocycles. The minimum Gasteiger partial charge on any atom is -0.497 e. The maximum atomic E-state index is 5.29. The van der Waals surface area contributed by atoms with Gasteiger partial charge in [0.15, 0.2) is 0 Å². The van der Waals surface area contributed by atoms with Gasteiger partial charge in [0.1, 0.15) is 17.4 Å². The lowest BCUT2D eigenvalue weighted by Crippen LogP contribution is -2.08. The fourth-order valence-corrected chi connectivity index (χ4v) is 3.02. The molecule has 0 bridgehead atoms. The molecule has 1 aromatic carbocycles. The summed E-state index contributed by atoms with van der Waals surface area (Å²) in [5.41, 5.74) is 3.27. The lowest BCUT2D eigenvalue weighted by molar-refractivity contribution is 0.410. The number of ether oxygens (including phenoxy) is 1. The van der Waals surface area contributed by atoms with E-state index in [1.165, 1.54) is 19.3 Å². The predicted octanol–water partition coefficient (Wildman–Crippen LogP) is 4.29. The molecule has 0 saturated heterocycles. The van der Waals surface area contributed by atoms with Crippen LogP contribution in [0.5, 0.6) is 5.75 Å². The molecule has 2 N–H and O–H groups in total. The normalized spacial score (nSPS) is 14.7. The fourth-order valence-electron chi connectivity index (χ4n) is 3.02. The maximum absolute atomic E-state index is 5.29. The monoisotopic (exact) mass is 308 g/mol. The molecule has 1 aliphatic rings. The highest BCUT2D eigenvalue weighted by atomic mass is 16.5. The Kier molecular flexibility index (Phi) is 3.41. The summed E-state index contributed by atoms with van der Waals surface area (Å²) in [6, 6.07) is 10.1. The third kappa shape index (κ3) is 2.63. The van der Waals surface area contributed by atoms with E-state index in [9.17, 15) is 0 Å². The first kappa shape index (κ1) is 14.1. The Morgan fingerprint density at radius 2 is 2.09 bits per heavy atom. The van der Waals surface area contributed by atoms with Crippen molar-refractivity contribution in [2.24, 2.45) is 0 Å². The van der Waals surface area contributed by atoms with Crippen LogP contribution in [0.15, 0.2) is 30.3 Å². The number of aryl methyl sites for hydroxylation is 1.